The van der Waals surface area contributed by atoms with E-state index < -0.39 is 0 Å². The molecule has 0 unspecified atom stereocenters. The van der Waals surface area contributed by atoms with Crippen molar-refractivity contribution in [3.05, 3.63) is 84.1 Å². The van der Waals surface area contributed by atoms with E-state index in [0.717, 1.165) is 24.6 Å². The van der Waals surface area contributed by atoms with E-state index in [0.29, 0.717) is 30.5 Å². The minimum absolute atomic E-state index is 0. The number of nitrogens with zero attached hydrogens (tertiary/aromatic N) is 2. The number of para-hydroxylation sites is 2. The molecule has 0 aliphatic heterocycles. The number of halogens is 1. The van der Waals surface area contributed by atoms with Crippen LogP contribution in [0.1, 0.15) is 25.0 Å². The van der Waals surface area contributed by atoms with Gasteiger partial charge in [0.25, 0.3) is 0 Å². The monoisotopic (exact) mass is 532 g/mol. The van der Waals surface area contributed by atoms with E-state index in [1.54, 1.807) is 6.20 Å². The fourth-order valence-corrected chi connectivity index (χ4v) is 2.78. The second-order valence-corrected chi connectivity index (χ2v) is 6.52. The van der Waals surface area contributed by atoms with Crippen molar-refractivity contribution in [1.82, 2.24) is 15.6 Å². The van der Waals surface area contributed by atoms with E-state index >= 15 is 0 Å². The van der Waals surface area contributed by atoms with E-state index in [4.69, 9.17) is 9.47 Å². The number of benzene rings is 2. The van der Waals surface area contributed by atoms with Gasteiger partial charge in [-0.15, -0.1) is 24.0 Å². The number of hydrogen-bond donors (Lipinski definition) is 2. The van der Waals surface area contributed by atoms with Gasteiger partial charge in [0.05, 0.1) is 13.2 Å². The van der Waals surface area contributed by atoms with Gasteiger partial charge in [0.1, 0.15) is 0 Å². The van der Waals surface area contributed by atoms with Crippen LogP contribution < -0.4 is 20.1 Å². The van der Waals surface area contributed by atoms with Crippen LogP contribution in [-0.2, 0) is 13.1 Å². The van der Waals surface area contributed by atoms with Crippen molar-refractivity contribution < 1.29 is 9.47 Å². The molecular weight excluding hydrogens is 503 g/mol. The van der Waals surface area contributed by atoms with Gasteiger partial charge in [0.15, 0.2) is 17.5 Å². The molecule has 0 fully saturated rings. The molecule has 6 nitrogen and oxygen atoms in total. The van der Waals surface area contributed by atoms with Crippen LogP contribution in [0.25, 0.3) is 0 Å². The summed E-state index contributed by atoms with van der Waals surface area (Å²) >= 11 is 0. The maximum atomic E-state index is 5.87. The highest BCUT2D eigenvalue weighted by atomic mass is 127. The third-order valence-corrected chi connectivity index (χ3v) is 4.23. The molecule has 0 amide bonds. The van der Waals surface area contributed by atoms with Crippen molar-refractivity contribution in [1.29, 1.82) is 0 Å². The highest BCUT2D eigenvalue weighted by Gasteiger charge is 2.06. The molecule has 0 atom stereocenters. The molecule has 2 aromatic carbocycles. The van der Waals surface area contributed by atoms with Crippen LogP contribution in [0, 0.1) is 0 Å². The van der Waals surface area contributed by atoms with Gasteiger partial charge in [-0.25, -0.2) is 9.98 Å². The molecule has 1 heterocycles. The number of rotatable bonds is 9. The average Bonchev–Trinajstić information content (AvgIpc) is 2.79. The number of aromatic nitrogens is 1. The zero-order valence-corrected chi connectivity index (χ0v) is 20.2. The van der Waals surface area contributed by atoms with Crippen molar-refractivity contribution in [3.63, 3.8) is 0 Å². The van der Waals surface area contributed by atoms with Gasteiger partial charge in [0, 0.05) is 25.4 Å². The molecule has 1 aromatic heterocycles. The quantitative estimate of drug-likeness (QED) is 0.227. The molecule has 3 rings (SSSR count). The molecule has 0 saturated carbocycles. The first-order valence-electron chi connectivity index (χ1n) is 10.2. The van der Waals surface area contributed by atoms with Gasteiger partial charge in [-0.3, -0.25) is 0 Å². The second-order valence-electron chi connectivity index (χ2n) is 6.52. The summed E-state index contributed by atoms with van der Waals surface area (Å²) in [5, 5.41) is 6.61. The topological polar surface area (TPSA) is 67.8 Å². The van der Waals surface area contributed by atoms with Gasteiger partial charge in [0.2, 0.25) is 5.88 Å². The lowest BCUT2D eigenvalue weighted by Gasteiger charge is -2.12. The van der Waals surface area contributed by atoms with Gasteiger partial charge in [-0.05, 0) is 37.1 Å². The highest BCUT2D eigenvalue weighted by Crippen LogP contribution is 2.30. The molecular formula is C24H29IN4O2. The van der Waals surface area contributed by atoms with Gasteiger partial charge < -0.3 is 20.1 Å². The molecule has 31 heavy (non-hydrogen) atoms. The summed E-state index contributed by atoms with van der Waals surface area (Å²) in [5.41, 5.74) is 2.20. The van der Waals surface area contributed by atoms with E-state index in [2.05, 4.69) is 32.7 Å². The summed E-state index contributed by atoms with van der Waals surface area (Å²) in [7, 11) is 0. The first-order chi connectivity index (χ1) is 14.8. The van der Waals surface area contributed by atoms with Gasteiger partial charge >= 0.3 is 0 Å². The Balaban J connectivity index is 0.00000341. The molecule has 0 aliphatic carbocycles. The van der Waals surface area contributed by atoms with Crippen molar-refractivity contribution in [2.75, 3.05) is 13.2 Å². The summed E-state index contributed by atoms with van der Waals surface area (Å²) in [6.07, 6.45) is 1.78. The lowest BCUT2D eigenvalue weighted by atomic mass is 10.2. The molecule has 3 aromatic rings. The third-order valence-electron chi connectivity index (χ3n) is 4.23. The normalized spacial score (nSPS) is 10.7. The molecule has 0 saturated heterocycles. The van der Waals surface area contributed by atoms with Gasteiger partial charge in [-0.1, -0.05) is 48.5 Å². The van der Waals surface area contributed by atoms with Crippen molar-refractivity contribution in [2.45, 2.75) is 26.9 Å². The molecule has 2 N–H and O–H groups in total. The van der Waals surface area contributed by atoms with Crippen molar-refractivity contribution >= 4 is 29.9 Å². The maximum absolute atomic E-state index is 5.87. The lowest BCUT2D eigenvalue weighted by molar-refractivity contribution is 0.319. The minimum Gasteiger partial charge on any atom is -0.490 e. The number of nitrogens with one attached hydrogen (secondary N) is 2. The Hall–Kier alpha value is -2.81. The van der Waals surface area contributed by atoms with E-state index in [1.165, 1.54) is 5.56 Å². The molecule has 164 valence electrons. The predicted molar refractivity (Wildman–Crippen MR) is 135 cm³/mol. The minimum atomic E-state index is 0. The molecule has 0 bridgehead atoms. The summed E-state index contributed by atoms with van der Waals surface area (Å²) in [5.74, 6) is 2.64. The summed E-state index contributed by atoms with van der Waals surface area (Å²) in [4.78, 5) is 9.05. The van der Waals surface area contributed by atoms with Crippen molar-refractivity contribution in [3.8, 4) is 17.4 Å². The number of guanidine groups is 1. The number of aliphatic imine (C=N–C) groups is 1. The van der Waals surface area contributed by atoms with E-state index in [9.17, 15) is 0 Å². The third kappa shape index (κ3) is 8.09. The number of ether oxygens (including phenoxy) is 2. The Morgan fingerprint density at radius 1 is 0.871 bits per heavy atom. The Bertz CT molecular complexity index is 934. The fourth-order valence-electron chi connectivity index (χ4n) is 2.78. The molecule has 0 aliphatic rings. The van der Waals surface area contributed by atoms with Gasteiger partial charge in [-0.2, -0.15) is 0 Å². The summed E-state index contributed by atoms with van der Waals surface area (Å²) in [6.45, 7) is 6.61. The van der Waals surface area contributed by atoms with E-state index in [1.807, 2.05) is 68.4 Å². The Labute approximate surface area is 201 Å². The number of hydrogen-bond acceptors (Lipinski definition) is 4. The van der Waals surface area contributed by atoms with Crippen LogP contribution in [0.3, 0.4) is 0 Å². The lowest BCUT2D eigenvalue weighted by Crippen LogP contribution is -2.36. The van der Waals surface area contributed by atoms with E-state index in [-0.39, 0.29) is 24.0 Å². The summed E-state index contributed by atoms with van der Waals surface area (Å²) < 4.78 is 11.5. The Morgan fingerprint density at radius 3 is 2.29 bits per heavy atom. The fraction of sp³-hybridized carbons (Fsp3) is 0.250. The Kier molecular flexibility index (Phi) is 10.6. The maximum Gasteiger partial charge on any atom is 0.219 e. The molecule has 7 heteroatoms. The first-order valence-corrected chi connectivity index (χ1v) is 10.2. The smallest absolute Gasteiger partial charge is 0.219 e. The molecule has 0 spiro atoms. The number of pyridine rings is 1. The average molecular weight is 532 g/mol. The van der Waals surface area contributed by atoms with Crippen LogP contribution in [0.2, 0.25) is 0 Å². The van der Waals surface area contributed by atoms with Crippen LogP contribution in [0.4, 0.5) is 0 Å². The molecule has 0 radical (unpaired) electrons. The van der Waals surface area contributed by atoms with Crippen molar-refractivity contribution in [2.24, 2.45) is 4.99 Å². The van der Waals surface area contributed by atoms with Crippen LogP contribution >= 0.6 is 24.0 Å². The highest BCUT2D eigenvalue weighted by molar-refractivity contribution is 14.0. The zero-order chi connectivity index (χ0) is 21.0. The first kappa shape index (κ1) is 24.5. The SMILES string of the molecule is CCNC(=NCc1ccc(Oc2ccccc2OCC)nc1)NCc1ccccc1.I. The predicted octanol–water partition coefficient (Wildman–Crippen LogP) is 5.15. The zero-order valence-electron chi connectivity index (χ0n) is 17.9. The van der Waals surface area contributed by atoms with Crippen LogP contribution in [-0.4, -0.2) is 24.1 Å². The Morgan fingerprint density at radius 2 is 1.61 bits per heavy atom. The van der Waals surface area contributed by atoms with Crippen LogP contribution in [0.15, 0.2) is 77.9 Å². The standard InChI is InChI=1S/C24H28N4O2.HI/c1-3-25-24(27-16-19-10-6-5-7-11-19)28-18-20-14-15-23(26-17-20)30-22-13-9-8-12-21(22)29-4-2;/h5-15,17H,3-4,16,18H2,1-2H3,(H2,25,27,28);1H. The summed E-state index contributed by atoms with van der Waals surface area (Å²) in [6, 6.07) is 21.6. The second kappa shape index (κ2) is 13.5. The van der Waals surface area contributed by atoms with Crippen LogP contribution in [0.5, 0.6) is 17.4 Å². The largest absolute Gasteiger partial charge is 0.490 e.